The van der Waals surface area contributed by atoms with E-state index in [4.69, 9.17) is 5.11 Å². The summed E-state index contributed by atoms with van der Waals surface area (Å²) in [6.45, 7) is 7.05. The molecule has 2 rings (SSSR count). The number of aromatic nitrogens is 1. The van der Waals surface area contributed by atoms with Crippen LogP contribution in [0.2, 0.25) is 0 Å². The van der Waals surface area contributed by atoms with Crippen LogP contribution >= 0.6 is 11.3 Å². The van der Waals surface area contributed by atoms with Crippen molar-refractivity contribution in [1.82, 2.24) is 9.88 Å². The first kappa shape index (κ1) is 13.3. The van der Waals surface area contributed by atoms with Crippen LogP contribution in [0.15, 0.2) is 0 Å². The molecule has 0 saturated carbocycles. The van der Waals surface area contributed by atoms with Crippen LogP contribution in [0.25, 0.3) is 0 Å². The monoisotopic (exact) mass is 269 g/mol. The zero-order valence-corrected chi connectivity index (χ0v) is 11.6. The number of thiazole rings is 1. The molecule has 18 heavy (non-hydrogen) atoms. The lowest BCUT2D eigenvalue weighted by molar-refractivity contribution is 0.0690. The van der Waals surface area contributed by atoms with Crippen LogP contribution in [-0.4, -0.2) is 46.6 Å². The van der Waals surface area contributed by atoms with Gasteiger partial charge in [-0.15, -0.1) is 11.3 Å². The van der Waals surface area contributed by atoms with Crippen molar-refractivity contribution in [2.24, 2.45) is 0 Å². The zero-order chi connectivity index (χ0) is 13.1. The average Bonchev–Trinajstić information content (AvgIpc) is 2.92. The molecular weight excluding hydrogens is 250 g/mol. The number of likely N-dealkylation sites (tertiary alicyclic amines) is 1. The third kappa shape index (κ3) is 2.81. The molecule has 1 aromatic heterocycles. The fourth-order valence-corrected chi connectivity index (χ4v) is 3.23. The van der Waals surface area contributed by atoms with Gasteiger partial charge in [-0.3, -0.25) is 4.90 Å². The van der Waals surface area contributed by atoms with Crippen LogP contribution in [0.5, 0.6) is 0 Å². The topological polar surface area (TPSA) is 65.5 Å². The van der Waals surface area contributed by atoms with Gasteiger partial charge in [0.15, 0.2) is 10.8 Å². The van der Waals surface area contributed by atoms with Gasteiger partial charge in [-0.2, -0.15) is 0 Å². The maximum absolute atomic E-state index is 10.9. The summed E-state index contributed by atoms with van der Waals surface area (Å²) in [5.41, 5.74) is 0.168. The summed E-state index contributed by atoms with van der Waals surface area (Å²) in [7, 11) is 0. The molecule has 0 aromatic carbocycles. The predicted molar refractivity (Wildman–Crippen MR) is 72.6 cm³/mol. The maximum Gasteiger partial charge on any atom is 0.355 e. The maximum atomic E-state index is 10.9. The van der Waals surface area contributed by atoms with E-state index in [0.29, 0.717) is 11.2 Å². The third-order valence-corrected chi connectivity index (χ3v) is 4.32. The molecule has 1 aliphatic rings. The quantitative estimate of drug-likeness (QED) is 0.856. The molecule has 6 heteroatoms. The molecule has 1 saturated heterocycles. The van der Waals surface area contributed by atoms with E-state index < -0.39 is 5.97 Å². The van der Waals surface area contributed by atoms with Gasteiger partial charge in [0.25, 0.3) is 0 Å². The van der Waals surface area contributed by atoms with E-state index in [0.717, 1.165) is 18.0 Å². The van der Waals surface area contributed by atoms with Gasteiger partial charge in [-0.25, -0.2) is 9.78 Å². The number of hydrogen-bond donors (Lipinski definition) is 2. The highest BCUT2D eigenvalue weighted by molar-refractivity contribution is 7.15. The van der Waals surface area contributed by atoms with Crippen molar-refractivity contribution < 1.29 is 9.90 Å². The summed E-state index contributed by atoms with van der Waals surface area (Å²) in [5.74, 6) is -0.951. The Kier molecular flexibility index (Phi) is 4.19. The van der Waals surface area contributed by atoms with Crippen LogP contribution < -0.4 is 5.32 Å². The second kappa shape index (κ2) is 5.67. The number of aryl methyl sites for hydroxylation is 1. The predicted octanol–water partition coefficient (Wildman–Crippen LogP) is 2.05. The zero-order valence-electron chi connectivity index (χ0n) is 10.8. The van der Waals surface area contributed by atoms with E-state index >= 15 is 0 Å². The largest absolute Gasteiger partial charge is 0.476 e. The van der Waals surface area contributed by atoms with Gasteiger partial charge in [0.05, 0.1) is 0 Å². The molecule has 0 spiro atoms. The highest BCUT2D eigenvalue weighted by atomic mass is 32.1. The first-order valence-electron chi connectivity index (χ1n) is 6.30. The number of anilines is 1. The number of carbonyl (C=O) groups is 1. The Labute approximate surface area is 111 Å². The Morgan fingerprint density at radius 1 is 1.67 bits per heavy atom. The van der Waals surface area contributed by atoms with Crippen molar-refractivity contribution in [3.63, 3.8) is 0 Å². The normalized spacial score (nSPS) is 20.2. The van der Waals surface area contributed by atoms with E-state index in [1.807, 2.05) is 0 Å². The Morgan fingerprint density at radius 3 is 3.06 bits per heavy atom. The van der Waals surface area contributed by atoms with Gasteiger partial charge in [0.1, 0.15) is 0 Å². The Bertz CT molecular complexity index is 433. The molecule has 5 nitrogen and oxygen atoms in total. The second-order valence-electron chi connectivity index (χ2n) is 4.53. The average molecular weight is 269 g/mol. The van der Waals surface area contributed by atoms with Crippen molar-refractivity contribution in [3.05, 3.63) is 10.6 Å². The number of rotatable bonds is 5. The smallest absolute Gasteiger partial charge is 0.355 e. The lowest BCUT2D eigenvalue weighted by Crippen LogP contribution is -2.34. The van der Waals surface area contributed by atoms with Crippen LogP contribution in [0, 0.1) is 6.92 Å². The fraction of sp³-hybridized carbons (Fsp3) is 0.667. The van der Waals surface area contributed by atoms with Crippen LogP contribution in [-0.2, 0) is 0 Å². The molecule has 2 N–H and O–H groups in total. The standard InChI is InChI=1S/C12H19N3O2S/c1-3-15-6-4-5-9(15)7-13-12-14-10(11(16)17)8(2)18-12/h9H,3-7H2,1-2H3,(H,13,14)(H,16,17). The number of aromatic carboxylic acids is 1. The van der Waals surface area contributed by atoms with Crippen LogP contribution in [0.3, 0.4) is 0 Å². The van der Waals surface area contributed by atoms with Crippen molar-refractivity contribution in [2.75, 3.05) is 25.0 Å². The van der Waals surface area contributed by atoms with E-state index in [9.17, 15) is 4.79 Å². The van der Waals surface area contributed by atoms with E-state index in [2.05, 4.69) is 22.1 Å². The summed E-state index contributed by atoms with van der Waals surface area (Å²) < 4.78 is 0. The molecule has 1 aliphatic heterocycles. The summed E-state index contributed by atoms with van der Waals surface area (Å²) in [5, 5.41) is 12.9. The first-order valence-corrected chi connectivity index (χ1v) is 7.12. The van der Waals surface area contributed by atoms with Crippen molar-refractivity contribution in [2.45, 2.75) is 32.7 Å². The number of carboxylic acid groups (broad SMARTS) is 1. The molecule has 1 aromatic rings. The summed E-state index contributed by atoms with van der Waals surface area (Å²) in [4.78, 5) is 18.2. The molecule has 0 bridgehead atoms. The molecule has 1 fully saturated rings. The number of carboxylic acids is 1. The number of hydrogen-bond acceptors (Lipinski definition) is 5. The van der Waals surface area contributed by atoms with Gasteiger partial charge < -0.3 is 10.4 Å². The molecule has 100 valence electrons. The molecule has 1 atom stereocenters. The molecule has 0 radical (unpaired) electrons. The van der Waals surface area contributed by atoms with Gasteiger partial charge in [0, 0.05) is 17.5 Å². The molecule has 1 unspecified atom stereocenters. The van der Waals surface area contributed by atoms with Gasteiger partial charge in [-0.1, -0.05) is 6.92 Å². The second-order valence-corrected chi connectivity index (χ2v) is 5.74. The molecular formula is C12H19N3O2S. The number of nitrogens with one attached hydrogen (secondary N) is 1. The Balaban J connectivity index is 1.94. The Morgan fingerprint density at radius 2 is 2.44 bits per heavy atom. The third-order valence-electron chi connectivity index (χ3n) is 3.39. The van der Waals surface area contributed by atoms with Gasteiger partial charge in [0.2, 0.25) is 0 Å². The highest BCUT2D eigenvalue weighted by Gasteiger charge is 2.23. The first-order chi connectivity index (χ1) is 8.61. The number of likely N-dealkylation sites (N-methyl/N-ethyl adjacent to an activating group) is 1. The minimum atomic E-state index is -0.951. The van der Waals surface area contributed by atoms with Crippen LogP contribution in [0.1, 0.15) is 35.1 Å². The van der Waals surface area contributed by atoms with Crippen molar-refractivity contribution >= 4 is 22.4 Å². The molecule has 0 amide bonds. The van der Waals surface area contributed by atoms with Crippen molar-refractivity contribution in [1.29, 1.82) is 0 Å². The minimum Gasteiger partial charge on any atom is -0.476 e. The number of nitrogens with zero attached hydrogens (tertiary/aromatic N) is 2. The SMILES string of the molecule is CCN1CCCC1CNc1nc(C(=O)O)c(C)s1. The summed E-state index contributed by atoms with van der Waals surface area (Å²) in [6.07, 6.45) is 2.45. The Hall–Kier alpha value is -1.14. The van der Waals surface area contributed by atoms with E-state index in [-0.39, 0.29) is 5.69 Å². The minimum absolute atomic E-state index is 0.168. The molecule has 2 heterocycles. The van der Waals surface area contributed by atoms with Gasteiger partial charge in [-0.05, 0) is 32.9 Å². The lowest BCUT2D eigenvalue weighted by Gasteiger charge is -2.22. The lowest BCUT2D eigenvalue weighted by atomic mass is 10.2. The highest BCUT2D eigenvalue weighted by Crippen LogP contribution is 2.23. The van der Waals surface area contributed by atoms with Crippen LogP contribution in [0.4, 0.5) is 5.13 Å². The van der Waals surface area contributed by atoms with E-state index in [1.165, 1.54) is 30.7 Å². The molecule has 0 aliphatic carbocycles. The van der Waals surface area contributed by atoms with Crippen molar-refractivity contribution in [3.8, 4) is 0 Å². The summed E-state index contributed by atoms with van der Waals surface area (Å²) >= 11 is 1.41. The van der Waals surface area contributed by atoms with E-state index in [1.54, 1.807) is 6.92 Å². The summed E-state index contributed by atoms with van der Waals surface area (Å²) in [6, 6.07) is 0.549. The van der Waals surface area contributed by atoms with Gasteiger partial charge >= 0.3 is 5.97 Å². The fourth-order valence-electron chi connectivity index (χ4n) is 2.42.